The number of aliphatic hydroxyl groups excluding tert-OH is 3. The summed E-state index contributed by atoms with van der Waals surface area (Å²) in [6.45, 7) is 0.116. The molecular weight excluding hydrogens is 458 g/mol. The predicted molar refractivity (Wildman–Crippen MR) is 127 cm³/mol. The standard InChI is InChI=1S/C24H24ClN5O4/c25-16-8-4-7-15(9-16)17(14-5-2-1-3-6-14)10-26-22-19-23(28-12-27-22)30(13-29-19)24-21(33)20(32)18(11-31)34-24/h1-9,12-13,17-18,20-21,24,31-33H,10-11H2,(H,26,27,28)/t17?,18-,20?,21?,24-/m1/s1. The second-order valence-electron chi connectivity index (χ2n) is 8.17. The predicted octanol–water partition coefficient (Wildman–Crippen LogP) is 2.34. The van der Waals surface area contributed by atoms with E-state index in [4.69, 9.17) is 16.3 Å². The van der Waals surface area contributed by atoms with Crippen molar-refractivity contribution in [1.82, 2.24) is 19.5 Å². The number of ether oxygens (including phenoxy) is 1. The zero-order valence-corrected chi connectivity index (χ0v) is 18.8. The third-order valence-electron chi connectivity index (χ3n) is 6.08. The smallest absolute Gasteiger partial charge is 0.167 e. The molecular formula is C24H24ClN5O4. The van der Waals surface area contributed by atoms with Crippen LogP contribution in [0.1, 0.15) is 23.3 Å². The van der Waals surface area contributed by atoms with Gasteiger partial charge < -0.3 is 25.4 Å². The number of rotatable bonds is 7. The first kappa shape index (κ1) is 22.7. The van der Waals surface area contributed by atoms with Crippen LogP contribution < -0.4 is 5.32 Å². The first-order valence-electron chi connectivity index (χ1n) is 10.9. The Balaban J connectivity index is 1.44. The summed E-state index contributed by atoms with van der Waals surface area (Å²) in [5.41, 5.74) is 3.12. The highest BCUT2D eigenvalue weighted by molar-refractivity contribution is 6.30. The molecule has 1 saturated heterocycles. The van der Waals surface area contributed by atoms with Crippen molar-refractivity contribution in [3.8, 4) is 0 Å². The Kier molecular flexibility index (Phi) is 6.44. The molecule has 0 bridgehead atoms. The Hall–Kier alpha value is -3.08. The average molecular weight is 482 g/mol. The van der Waals surface area contributed by atoms with Crippen molar-refractivity contribution in [2.45, 2.75) is 30.5 Å². The van der Waals surface area contributed by atoms with E-state index in [0.29, 0.717) is 28.5 Å². The van der Waals surface area contributed by atoms with Crippen molar-refractivity contribution >= 4 is 28.6 Å². The van der Waals surface area contributed by atoms with Crippen molar-refractivity contribution in [1.29, 1.82) is 0 Å². The normalized spacial score (nSPS) is 23.3. The lowest BCUT2D eigenvalue weighted by Gasteiger charge is -2.20. The maximum Gasteiger partial charge on any atom is 0.167 e. The lowest BCUT2D eigenvalue weighted by molar-refractivity contribution is -0.0511. The Morgan fingerprint density at radius 3 is 2.53 bits per heavy atom. The first-order valence-corrected chi connectivity index (χ1v) is 11.3. The van der Waals surface area contributed by atoms with Crippen LogP contribution in [0.5, 0.6) is 0 Å². The van der Waals surface area contributed by atoms with Gasteiger partial charge in [-0.1, -0.05) is 54.1 Å². The van der Waals surface area contributed by atoms with Crippen LogP contribution >= 0.6 is 11.6 Å². The van der Waals surface area contributed by atoms with Crippen LogP contribution in [0.25, 0.3) is 11.2 Å². The Morgan fingerprint density at radius 2 is 1.79 bits per heavy atom. The van der Waals surface area contributed by atoms with Crippen molar-refractivity contribution in [2.75, 3.05) is 18.5 Å². The van der Waals surface area contributed by atoms with E-state index in [9.17, 15) is 15.3 Å². The maximum absolute atomic E-state index is 10.4. The van der Waals surface area contributed by atoms with E-state index in [2.05, 4.69) is 32.4 Å². The maximum atomic E-state index is 10.4. The summed E-state index contributed by atoms with van der Waals surface area (Å²) in [5, 5.41) is 34.0. The Morgan fingerprint density at radius 1 is 1.00 bits per heavy atom. The number of aliphatic hydroxyl groups is 3. The molecule has 9 nitrogen and oxygen atoms in total. The van der Waals surface area contributed by atoms with E-state index in [1.165, 1.54) is 17.2 Å². The fourth-order valence-corrected chi connectivity index (χ4v) is 4.51. The zero-order chi connectivity index (χ0) is 23.7. The number of imidazole rings is 1. The van der Waals surface area contributed by atoms with Gasteiger partial charge in [0, 0.05) is 17.5 Å². The number of nitrogens with zero attached hydrogens (tertiary/aromatic N) is 4. The monoisotopic (exact) mass is 481 g/mol. The van der Waals surface area contributed by atoms with Crippen LogP contribution in [0, 0.1) is 0 Å². The van der Waals surface area contributed by atoms with Gasteiger partial charge in [0.2, 0.25) is 0 Å². The Bertz CT molecular complexity index is 1270. The van der Waals surface area contributed by atoms with Gasteiger partial charge >= 0.3 is 0 Å². The third-order valence-corrected chi connectivity index (χ3v) is 6.31. The lowest BCUT2D eigenvalue weighted by Crippen LogP contribution is -2.33. The van der Waals surface area contributed by atoms with Crippen LogP contribution in [-0.4, -0.2) is 66.3 Å². The molecule has 3 unspecified atom stereocenters. The number of nitrogens with one attached hydrogen (secondary N) is 1. The minimum absolute atomic E-state index is 0.00690. The van der Waals surface area contributed by atoms with E-state index < -0.39 is 31.1 Å². The average Bonchev–Trinajstić information content (AvgIpc) is 3.41. The third kappa shape index (κ3) is 4.24. The van der Waals surface area contributed by atoms with Gasteiger partial charge in [0.1, 0.15) is 24.6 Å². The number of aromatic nitrogens is 4. The van der Waals surface area contributed by atoms with Gasteiger partial charge in [0.15, 0.2) is 23.2 Å². The summed E-state index contributed by atoms with van der Waals surface area (Å²) in [6.07, 6.45) is -1.37. The van der Waals surface area contributed by atoms with Crippen molar-refractivity contribution in [3.05, 3.63) is 83.4 Å². The van der Waals surface area contributed by atoms with Crippen molar-refractivity contribution in [2.24, 2.45) is 0 Å². The fraction of sp³-hybridized carbons (Fsp3) is 0.292. The molecule has 0 radical (unpaired) electrons. The molecule has 176 valence electrons. The van der Waals surface area contributed by atoms with Gasteiger partial charge in [-0.25, -0.2) is 15.0 Å². The molecule has 0 saturated carbocycles. The van der Waals surface area contributed by atoms with Crippen LogP contribution in [-0.2, 0) is 4.74 Å². The van der Waals surface area contributed by atoms with E-state index in [1.54, 1.807) is 0 Å². The van der Waals surface area contributed by atoms with Crippen LogP contribution in [0.2, 0.25) is 5.02 Å². The number of hydrogen-bond acceptors (Lipinski definition) is 8. The fourth-order valence-electron chi connectivity index (χ4n) is 4.31. The summed E-state index contributed by atoms with van der Waals surface area (Å²) >= 11 is 6.26. The molecule has 2 aromatic carbocycles. The highest BCUT2D eigenvalue weighted by atomic mass is 35.5. The number of benzene rings is 2. The number of halogens is 1. The van der Waals surface area contributed by atoms with Gasteiger partial charge in [0.25, 0.3) is 0 Å². The molecule has 3 heterocycles. The molecule has 1 aliphatic heterocycles. The molecule has 4 aromatic rings. The molecule has 4 N–H and O–H groups in total. The van der Waals surface area contributed by atoms with Crippen molar-refractivity contribution < 1.29 is 20.1 Å². The summed E-state index contributed by atoms with van der Waals surface area (Å²) in [5.74, 6) is 0.533. The minimum Gasteiger partial charge on any atom is -0.394 e. The molecule has 1 fully saturated rings. The molecule has 0 spiro atoms. The lowest BCUT2D eigenvalue weighted by atomic mass is 9.91. The largest absolute Gasteiger partial charge is 0.394 e. The molecule has 0 aliphatic carbocycles. The molecule has 5 atom stereocenters. The molecule has 1 aliphatic rings. The Labute approximate surface area is 200 Å². The summed E-state index contributed by atoms with van der Waals surface area (Å²) in [6, 6.07) is 17.9. The van der Waals surface area contributed by atoms with Crippen molar-refractivity contribution in [3.63, 3.8) is 0 Å². The molecule has 34 heavy (non-hydrogen) atoms. The zero-order valence-electron chi connectivity index (χ0n) is 18.1. The van der Waals surface area contributed by atoms with Crippen LogP contribution in [0.3, 0.4) is 0 Å². The number of anilines is 1. The molecule has 0 amide bonds. The number of fused-ring (bicyclic) bond motifs is 1. The van der Waals surface area contributed by atoms with Gasteiger partial charge in [-0.15, -0.1) is 0 Å². The van der Waals surface area contributed by atoms with Gasteiger partial charge in [-0.2, -0.15) is 0 Å². The first-order chi connectivity index (χ1) is 16.6. The second-order valence-corrected chi connectivity index (χ2v) is 8.61. The highest BCUT2D eigenvalue weighted by Gasteiger charge is 2.44. The minimum atomic E-state index is -1.23. The van der Waals surface area contributed by atoms with Crippen LogP contribution in [0.4, 0.5) is 5.82 Å². The second kappa shape index (κ2) is 9.65. The van der Waals surface area contributed by atoms with E-state index in [1.807, 2.05) is 42.5 Å². The highest BCUT2D eigenvalue weighted by Crippen LogP contribution is 2.33. The van der Waals surface area contributed by atoms with E-state index in [0.717, 1.165) is 11.1 Å². The quantitative estimate of drug-likeness (QED) is 0.317. The SMILES string of the molecule is OC[C@H]1O[C@@H](n2cnc3c(NCC(c4ccccc4)c4cccc(Cl)c4)ncnc32)C(O)C1O. The van der Waals surface area contributed by atoms with Crippen LogP contribution in [0.15, 0.2) is 67.3 Å². The summed E-state index contributed by atoms with van der Waals surface area (Å²) in [7, 11) is 0. The molecule has 2 aromatic heterocycles. The van der Waals surface area contributed by atoms with Gasteiger partial charge in [0.05, 0.1) is 12.9 Å². The summed E-state index contributed by atoms with van der Waals surface area (Å²) in [4.78, 5) is 13.1. The van der Waals surface area contributed by atoms with Gasteiger partial charge in [-0.3, -0.25) is 4.57 Å². The van der Waals surface area contributed by atoms with Gasteiger partial charge in [-0.05, 0) is 23.3 Å². The molecule has 5 rings (SSSR count). The molecule has 10 heteroatoms. The van der Waals surface area contributed by atoms with E-state index >= 15 is 0 Å². The van der Waals surface area contributed by atoms with E-state index in [-0.39, 0.29) is 5.92 Å². The topological polar surface area (TPSA) is 126 Å². The number of hydrogen-bond donors (Lipinski definition) is 4. The summed E-state index contributed by atoms with van der Waals surface area (Å²) < 4.78 is 7.17.